The van der Waals surface area contributed by atoms with Crippen LogP contribution in [0, 0.1) is 11.8 Å². The molecule has 0 spiro atoms. The summed E-state index contributed by atoms with van der Waals surface area (Å²) in [5, 5.41) is 13.5. The standard InChI is InChI=1S/C7H4N4O2S/c8-11-9-3-1-2-6-10-5(4-14-6)7(12)13/h4H,3H2,(H,12,13). The number of carbonyl (C=O) groups is 1. The van der Waals surface area contributed by atoms with Gasteiger partial charge in [-0.25, -0.2) is 9.78 Å². The Morgan fingerprint density at radius 1 is 1.86 bits per heavy atom. The van der Waals surface area contributed by atoms with Crippen LogP contribution in [0.2, 0.25) is 0 Å². The first kappa shape index (κ1) is 10.1. The van der Waals surface area contributed by atoms with Gasteiger partial charge >= 0.3 is 5.97 Å². The van der Waals surface area contributed by atoms with E-state index < -0.39 is 5.97 Å². The molecule has 0 aliphatic heterocycles. The Hall–Kier alpha value is -2.03. The largest absolute Gasteiger partial charge is 0.476 e. The lowest BCUT2D eigenvalue weighted by atomic mass is 10.5. The molecule has 1 aromatic rings. The Morgan fingerprint density at radius 3 is 3.21 bits per heavy atom. The molecule has 0 aliphatic carbocycles. The molecule has 1 rings (SSSR count). The molecule has 70 valence electrons. The van der Waals surface area contributed by atoms with Gasteiger partial charge in [0.1, 0.15) is 0 Å². The maximum atomic E-state index is 10.4. The third-order valence-corrected chi connectivity index (χ3v) is 1.89. The van der Waals surface area contributed by atoms with E-state index >= 15 is 0 Å². The number of nitrogens with zero attached hydrogens (tertiary/aromatic N) is 4. The molecule has 6 nitrogen and oxygen atoms in total. The van der Waals surface area contributed by atoms with E-state index in [1.807, 2.05) is 0 Å². The molecule has 0 fully saturated rings. The summed E-state index contributed by atoms with van der Waals surface area (Å²) >= 11 is 1.14. The topological polar surface area (TPSA) is 99.0 Å². The summed E-state index contributed by atoms with van der Waals surface area (Å²) in [6.07, 6.45) is 0. The monoisotopic (exact) mass is 208 g/mol. The number of rotatable bonds is 2. The van der Waals surface area contributed by atoms with Crippen molar-refractivity contribution in [2.45, 2.75) is 0 Å². The molecule has 0 bridgehead atoms. The minimum absolute atomic E-state index is 0.0249. The third-order valence-electron chi connectivity index (χ3n) is 1.13. The van der Waals surface area contributed by atoms with Gasteiger partial charge in [0.25, 0.3) is 0 Å². The van der Waals surface area contributed by atoms with Crippen molar-refractivity contribution in [2.24, 2.45) is 5.11 Å². The minimum atomic E-state index is -1.08. The van der Waals surface area contributed by atoms with Gasteiger partial charge in [-0.3, -0.25) is 0 Å². The van der Waals surface area contributed by atoms with Crippen LogP contribution in [0.3, 0.4) is 0 Å². The molecule has 1 heterocycles. The molecule has 0 atom stereocenters. The molecule has 0 saturated carbocycles. The summed E-state index contributed by atoms with van der Waals surface area (Å²) < 4.78 is 0. The van der Waals surface area contributed by atoms with Crippen LogP contribution in [0.5, 0.6) is 0 Å². The first-order chi connectivity index (χ1) is 6.74. The number of thiazole rings is 1. The van der Waals surface area contributed by atoms with E-state index in [1.165, 1.54) is 5.38 Å². The molecule has 0 aliphatic rings. The van der Waals surface area contributed by atoms with Crippen molar-refractivity contribution < 1.29 is 9.90 Å². The first-order valence-electron chi connectivity index (χ1n) is 3.42. The quantitative estimate of drug-likeness (QED) is 0.345. The maximum Gasteiger partial charge on any atom is 0.355 e. The second-order valence-corrected chi connectivity index (χ2v) is 2.89. The lowest BCUT2D eigenvalue weighted by Gasteiger charge is -1.79. The van der Waals surface area contributed by atoms with Gasteiger partial charge in [0.15, 0.2) is 10.7 Å². The zero-order valence-electron chi connectivity index (χ0n) is 6.84. The van der Waals surface area contributed by atoms with Gasteiger partial charge in [-0.1, -0.05) is 11.0 Å². The summed E-state index contributed by atoms with van der Waals surface area (Å²) in [6.45, 7) is 0.0541. The fourth-order valence-electron chi connectivity index (χ4n) is 0.611. The zero-order chi connectivity index (χ0) is 10.4. The van der Waals surface area contributed by atoms with Gasteiger partial charge in [0, 0.05) is 10.3 Å². The van der Waals surface area contributed by atoms with Crippen LogP contribution in [-0.2, 0) is 0 Å². The number of aromatic carboxylic acids is 1. The highest BCUT2D eigenvalue weighted by molar-refractivity contribution is 7.10. The molecule has 7 heteroatoms. The maximum absolute atomic E-state index is 10.4. The van der Waals surface area contributed by atoms with Crippen LogP contribution in [0.15, 0.2) is 10.5 Å². The SMILES string of the molecule is [N-]=[N+]=NCC#Cc1nc(C(=O)O)cs1. The summed E-state index contributed by atoms with van der Waals surface area (Å²) in [5.41, 5.74) is 7.92. The van der Waals surface area contributed by atoms with E-state index in [-0.39, 0.29) is 12.2 Å². The molecular weight excluding hydrogens is 204 g/mol. The summed E-state index contributed by atoms with van der Waals surface area (Å²) in [6, 6.07) is 0. The van der Waals surface area contributed by atoms with Crippen molar-refractivity contribution in [3.05, 3.63) is 26.5 Å². The van der Waals surface area contributed by atoms with Gasteiger partial charge in [0.05, 0.1) is 6.54 Å². The zero-order valence-corrected chi connectivity index (χ0v) is 7.65. The molecular formula is C7H4N4O2S. The molecule has 1 aromatic heterocycles. The Kier molecular flexibility index (Phi) is 3.49. The molecule has 1 N–H and O–H groups in total. The van der Waals surface area contributed by atoms with E-state index in [0.29, 0.717) is 5.01 Å². The van der Waals surface area contributed by atoms with Gasteiger partial charge in [-0.05, 0) is 11.5 Å². The third kappa shape index (κ3) is 2.79. The smallest absolute Gasteiger partial charge is 0.355 e. The van der Waals surface area contributed by atoms with E-state index in [9.17, 15) is 4.79 Å². The van der Waals surface area contributed by atoms with Gasteiger partial charge in [0.2, 0.25) is 0 Å². The Labute approximate surface area is 82.8 Å². The second-order valence-electron chi connectivity index (χ2n) is 2.03. The van der Waals surface area contributed by atoms with Crippen LogP contribution in [0.4, 0.5) is 0 Å². The Morgan fingerprint density at radius 2 is 2.64 bits per heavy atom. The van der Waals surface area contributed by atoms with Gasteiger partial charge in [-0.15, -0.1) is 11.3 Å². The highest BCUT2D eigenvalue weighted by atomic mass is 32.1. The highest BCUT2D eigenvalue weighted by Crippen LogP contribution is 2.07. The fourth-order valence-corrected chi connectivity index (χ4v) is 1.27. The number of hydrogen-bond acceptors (Lipinski definition) is 4. The molecule has 0 saturated heterocycles. The van der Waals surface area contributed by atoms with Crippen LogP contribution in [0.25, 0.3) is 10.4 Å². The van der Waals surface area contributed by atoms with Crippen molar-refractivity contribution >= 4 is 17.3 Å². The lowest BCUT2D eigenvalue weighted by molar-refractivity contribution is 0.0691. The summed E-state index contributed by atoms with van der Waals surface area (Å²) in [5.74, 6) is 4.04. The minimum Gasteiger partial charge on any atom is -0.476 e. The number of carboxylic acids is 1. The molecule has 0 aromatic carbocycles. The van der Waals surface area contributed by atoms with Crippen molar-refractivity contribution in [1.29, 1.82) is 0 Å². The summed E-state index contributed by atoms with van der Waals surface area (Å²) in [7, 11) is 0. The second kappa shape index (κ2) is 4.87. The van der Waals surface area contributed by atoms with Crippen molar-refractivity contribution in [1.82, 2.24) is 4.98 Å². The Bertz CT molecular complexity index is 450. The molecule has 14 heavy (non-hydrogen) atoms. The molecule has 0 amide bonds. The van der Waals surface area contributed by atoms with Crippen LogP contribution >= 0.6 is 11.3 Å². The van der Waals surface area contributed by atoms with Crippen molar-refractivity contribution in [3.8, 4) is 11.8 Å². The highest BCUT2D eigenvalue weighted by Gasteiger charge is 2.06. The van der Waals surface area contributed by atoms with Crippen molar-refractivity contribution in [2.75, 3.05) is 6.54 Å². The number of hydrogen-bond donors (Lipinski definition) is 1. The average molecular weight is 208 g/mol. The van der Waals surface area contributed by atoms with E-state index in [1.54, 1.807) is 0 Å². The number of azide groups is 1. The molecule has 0 radical (unpaired) electrons. The Balaban J connectivity index is 2.71. The van der Waals surface area contributed by atoms with Crippen LogP contribution in [-0.4, -0.2) is 22.6 Å². The van der Waals surface area contributed by atoms with Gasteiger partial charge < -0.3 is 5.11 Å². The van der Waals surface area contributed by atoms with Crippen LogP contribution in [0.1, 0.15) is 15.5 Å². The van der Waals surface area contributed by atoms with Crippen molar-refractivity contribution in [3.63, 3.8) is 0 Å². The fraction of sp³-hybridized carbons (Fsp3) is 0.143. The first-order valence-corrected chi connectivity index (χ1v) is 4.30. The normalized spacial score (nSPS) is 8.29. The predicted octanol–water partition coefficient (Wildman–Crippen LogP) is 1.50. The lowest BCUT2D eigenvalue weighted by Crippen LogP contribution is -1.95. The van der Waals surface area contributed by atoms with Crippen LogP contribution < -0.4 is 0 Å². The predicted molar refractivity (Wildman–Crippen MR) is 50.0 cm³/mol. The van der Waals surface area contributed by atoms with E-state index in [2.05, 4.69) is 26.9 Å². The summed E-state index contributed by atoms with van der Waals surface area (Å²) in [4.78, 5) is 16.6. The molecule has 0 unspecified atom stereocenters. The average Bonchev–Trinajstić information content (AvgIpc) is 2.61. The number of aromatic nitrogens is 1. The van der Waals surface area contributed by atoms with E-state index in [0.717, 1.165) is 11.3 Å². The van der Waals surface area contributed by atoms with E-state index in [4.69, 9.17) is 10.6 Å². The number of carboxylic acid groups (broad SMARTS) is 1. The van der Waals surface area contributed by atoms with Gasteiger partial charge in [-0.2, -0.15) is 0 Å².